The van der Waals surface area contributed by atoms with Crippen molar-refractivity contribution in [1.82, 2.24) is 5.32 Å². The molecule has 21 heavy (non-hydrogen) atoms. The minimum absolute atomic E-state index is 0.121. The van der Waals surface area contributed by atoms with Crippen LogP contribution in [0.4, 0.5) is 13.2 Å². The summed E-state index contributed by atoms with van der Waals surface area (Å²) in [5.41, 5.74) is 0.969. The van der Waals surface area contributed by atoms with E-state index in [1.54, 1.807) is 7.11 Å². The first-order chi connectivity index (χ1) is 9.96. The van der Waals surface area contributed by atoms with E-state index in [1.165, 1.54) is 0 Å². The van der Waals surface area contributed by atoms with Gasteiger partial charge in [0.15, 0.2) is 0 Å². The van der Waals surface area contributed by atoms with Crippen LogP contribution in [0.1, 0.15) is 31.4 Å². The molecule has 1 N–H and O–H groups in total. The fraction of sp³-hybridized carbons (Fsp3) is 0.600. The Morgan fingerprint density at radius 1 is 1.19 bits per heavy atom. The first-order valence-electron chi connectivity index (χ1n) is 6.98. The van der Waals surface area contributed by atoms with E-state index in [9.17, 15) is 13.2 Å². The standard InChI is InChI=1S/C15H22F3NO2/c1-3-9-19-14(11-21-10-8-15(16,17)18)12-4-6-13(20-2)7-5-12/h4-7,14,19H,3,8-11H2,1-2H3. The number of ether oxygens (including phenoxy) is 2. The molecule has 1 atom stereocenters. The number of alkyl halides is 3. The van der Waals surface area contributed by atoms with Gasteiger partial charge in [-0.2, -0.15) is 13.2 Å². The van der Waals surface area contributed by atoms with E-state index in [2.05, 4.69) is 5.32 Å². The van der Waals surface area contributed by atoms with Gasteiger partial charge in [0.2, 0.25) is 0 Å². The average Bonchev–Trinajstić information content (AvgIpc) is 2.45. The minimum Gasteiger partial charge on any atom is -0.497 e. The Bertz CT molecular complexity index is 393. The summed E-state index contributed by atoms with van der Waals surface area (Å²) in [7, 11) is 1.59. The predicted molar refractivity (Wildman–Crippen MR) is 75.5 cm³/mol. The Balaban J connectivity index is 2.53. The van der Waals surface area contributed by atoms with Gasteiger partial charge in [-0.05, 0) is 30.7 Å². The number of hydrogen-bond acceptors (Lipinski definition) is 3. The maximum atomic E-state index is 12.1. The second-order valence-electron chi connectivity index (χ2n) is 4.72. The van der Waals surface area contributed by atoms with E-state index in [0.717, 1.165) is 24.3 Å². The topological polar surface area (TPSA) is 30.5 Å². The number of halogens is 3. The van der Waals surface area contributed by atoms with Gasteiger partial charge < -0.3 is 14.8 Å². The van der Waals surface area contributed by atoms with E-state index < -0.39 is 12.6 Å². The minimum atomic E-state index is -4.17. The molecule has 120 valence electrons. The van der Waals surface area contributed by atoms with Crippen molar-refractivity contribution in [2.75, 3.05) is 26.9 Å². The molecule has 1 unspecified atom stereocenters. The molecule has 0 fully saturated rings. The zero-order valence-electron chi connectivity index (χ0n) is 12.4. The monoisotopic (exact) mass is 305 g/mol. The summed E-state index contributed by atoms with van der Waals surface area (Å²) in [5, 5.41) is 3.27. The van der Waals surface area contributed by atoms with E-state index >= 15 is 0 Å². The van der Waals surface area contributed by atoms with Gasteiger partial charge >= 0.3 is 6.18 Å². The normalized spacial score (nSPS) is 13.2. The quantitative estimate of drug-likeness (QED) is 0.706. The van der Waals surface area contributed by atoms with Crippen molar-refractivity contribution < 1.29 is 22.6 Å². The molecule has 0 saturated heterocycles. The summed E-state index contributed by atoms with van der Waals surface area (Å²) in [6.07, 6.45) is -4.15. The number of methoxy groups -OCH3 is 1. The Labute approximate surface area is 123 Å². The van der Waals surface area contributed by atoms with E-state index in [0.29, 0.717) is 0 Å². The fourth-order valence-corrected chi connectivity index (χ4v) is 1.82. The van der Waals surface area contributed by atoms with Gasteiger partial charge in [-0.15, -0.1) is 0 Å². The highest BCUT2D eigenvalue weighted by molar-refractivity contribution is 5.29. The van der Waals surface area contributed by atoms with Gasteiger partial charge in [0.25, 0.3) is 0 Å². The summed E-state index contributed by atoms with van der Waals surface area (Å²) in [4.78, 5) is 0. The Kier molecular flexibility index (Phi) is 7.53. The van der Waals surface area contributed by atoms with Crippen molar-refractivity contribution in [2.24, 2.45) is 0 Å². The van der Waals surface area contributed by atoms with Crippen molar-refractivity contribution in [3.8, 4) is 5.75 Å². The third-order valence-electron chi connectivity index (χ3n) is 2.97. The third kappa shape index (κ3) is 7.34. The number of nitrogens with one attached hydrogen (secondary N) is 1. The molecule has 1 rings (SSSR count). The number of benzene rings is 1. The molecular formula is C15H22F3NO2. The van der Waals surface area contributed by atoms with Crippen molar-refractivity contribution in [3.05, 3.63) is 29.8 Å². The predicted octanol–water partition coefficient (Wildman–Crippen LogP) is 3.70. The van der Waals surface area contributed by atoms with Crippen LogP contribution in [0.5, 0.6) is 5.75 Å². The van der Waals surface area contributed by atoms with Crippen LogP contribution in [-0.4, -0.2) is 33.0 Å². The van der Waals surface area contributed by atoms with Crippen LogP contribution >= 0.6 is 0 Å². The highest BCUT2D eigenvalue weighted by Crippen LogP contribution is 2.21. The molecule has 0 aliphatic rings. The van der Waals surface area contributed by atoms with Crippen molar-refractivity contribution >= 4 is 0 Å². The molecule has 0 saturated carbocycles. The molecule has 0 aliphatic heterocycles. The molecule has 1 aromatic rings. The maximum Gasteiger partial charge on any atom is 0.391 e. The lowest BCUT2D eigenvalue weighted by atomic mass is 10.1. The van der Waals surface area contributed by atoms with Gasteiger partial charge in [0.05, 0.1) is 32.8 Å². The van der Waals surface area contributed by atoms with E-state index in [1.807, 2.05) is 31.2 Å². The lowest BCUT2D eigenvalue weighted by molar-refractivity contribution is -0.145. The first kappa shape index (κ1) is 17.8. The molecule has 0 heterocycles. The van der Waals surface area contributed by atoms with E-state index in [4.69, 9.17) is 9.47 Å². The van der Waals surface area contributed by atoms with Crippen molar-refractivity contribution in [1.29, 1.82) is 0 Å². The molecule has 0 amide bonds. The second-order valence-corrected chi connectivity index (χ2v) is 4.72. The molecule has 0 radical (unpaired) electrons. The smallest absolute Gasteiger partial charge is 0.391 e. The molecule has 0 aliphatic carbocycles. The summed E-state index contributed by atoms with van der Waals surface area (Å²) in [6, 6.07) is 7.31. The summed E-state index contributed by atoms with van der Waals surface area (Å²) < 4.78 is 46.5. The summed E-state index contributed by atoms with van der Waals surface area (Å²) in [5.74, 6) is 0.742. The maximum absolute atomic E-state index is 12.1. The first-order valence-corrected chi connectivity index (χ1v) is 6.98. The van der Waals surface area contributed by atoms with Crippen LogP contribution in [0.15, 0.2) is 24.3 Å². The van der Waals surface area contributed by atoms with Crippen LogP contribution in [0, 0.1) is 0 Å². The Hall–Kier alpha value is -1.27. The van der Waals surface area contributed by atoms with Crippen LogP contribution < -0.4 is 10.1 Å². The zero-order chi connectivity index (χ0) is 15.7. The van der Waals surface area contributed by atoms with E-state index in [-0.39, 0.29) is 19.3 Å². The van der Waals surface area contributed by atoms with Gasteiger partial charge in [0.1, 0.15) is 5.75 Å². The fourth-order valence-electron chi connectivity index (χ4n) is 1.82. The summed E-state index contributed by atoms with van der Waals surface area (Å²) >= 11 is 0. The second kappa shape index (κ2) is 8.89. The average molecular weight is 305 g/mol. The van der Waals surface area contributed by atoms with Gasteiger partial charge in [0, 0.05) is 0 Å². The Morgan fingerprint density at radius 3 is 2.38 bits per heavy atom. The van der Waals surface area contributed by atoms with Gasteiger partial charge in [-0.25, -0.2) is 0 Å². The summed E-state index contributed by atoms with van der Waals surface area (Å²) in [6.45, 7) is 2.70. The van der Waals surface area contributed by atoms with Gasteiger partial charge in [-0.3, -0.25) is 0 Å². The largest absolute Gasteiger partial charge is 0.497 e. The lowest BCUT2D eigenvalue weighted by Crippen LogP contribution is -2.27. The molecule has 3 nitrogen and oxygen atoms in total. The van der Waals surface area contributed by atoms with Gasteiger partial charge in [-0.1, -0.05) is 19.1 Å². The molecule has 1 aromatic carbocycles. The zero-order valence-corrected chi connectivity index (χ0v) is 12.4. The van der Waals surface area contributed by atoms with Crippen LogP contribution in [0.3, 0.4) is 0 Å². The molecule has 0 aromatic heterocycles. The SMILES string of the molecule is CCCNC(COCCC(F)(F)F)c1ccc(OC)cc1. The highest BCUT2D eigenvalue weighted by atomic mass is 19.4. The molecule has 0 bridgehead atoms. The Morgan fingerprint density at radius 2 is 1.86 bits per heavy atom. The van der Waals surface area contributed by atoms with Crippen molar-refractivity contribution in [2.45, 2.75) is 32.0 Å². The third-order valence-corrected chi connectivity index (χ3v) is 2.97. The number of hydrogen-bond donors (Lipinski definition) is 1. The number of rotatable bonds is 9. The molecule has 0 spiro atoms. The van der Waals surface area contributed by atoms with Crippen LogP contribution in [-0.2, 0) is 4.74 Å². The molecular weight excluding hydrogens is 283 g/mol. The van der Waals surface area contributed by atoms with Crippen LogP contribution in [0.25, 0.3) is 0 Å². The van der Waals surface area contributed by atoms with Crippen molar-refractivity contribution in [3.63, 3.8) is 0 Å². The van der Waals surface area contributed by atoms with Crippen LogP contribution in [0.2, 0.25) is 0 Å². The molecule has 6 heteroatoms. The lowest BCUT2D eigenvalue weighted by Gasteiger charge is -2.19. The highest BCUT2D eigenvalue weighted by Gasteiger charge is 2.26.